The molecule has 0 aliphatic carbocycles. The minimum absolute atomic E-state index is 0.590. The lowest BCUT2D eigenvalue weighted by Gasteiger charge is -2.22. The molecule has 0 amide bonds. The monoisotopic (exact) mass is 288 g/mol. The van der Waals surface area contributed by atoms with Crippen LogP contribution in [0.15, 0.2) is 60.7 Å². The van der Waals surface area contributed by atoms with Crippen LogP contribution in [-0.2, 0) is 6.42 Å². The van der Waals surface area contributed by atoms with Gasteiger partial charge in [0.15, 0.2) is 0 Å². The molecule has 1 nitrogen and oxygen atoms in total. The number of hydrogen-bond acceptors (Lipinski definition) is 1. The van der Waals surface area contributed by atoms with E-state index in [4.69, 9.17) is 4.74 Å². The van der Waals surface area contributed by atoms with E-state index in [-0.39, 0.29) is 0 Å². The van der Waals surface area contributed by atoms with E-state index in [9.17, 15) is 0 Å². The van der Waals surface area contributed by atoms with Crippen LogP contribution in [0, 0.1) is 5.92 Å². The van der Waals surface area contributed by atoms with Crippen molar-refractivity contribution < 1.29 is 4.74 Å². The maximum atomic E-state index is 6.10. The summed E-state index contributed by atoms with van der Waals surface area (Å²) in [6.45, 7) is 3.09. The highest BCUT2D eigenvalue weighted by atomic mass is 16.5. The Kier molecular flexibility index (Phi) is 3.34. The van der Waals surface area contributed by atoms with E-state index < -0.39 is 0 Å². The van der Waals surface area contributed by atoms with Crippen LogP contribution in [0.2, 0.25) is 0 Å². The molecule has 110 valence electrons. The molecule has 1 aliphatic heterocycles. The van der Waals surface area contributed by atoms with E-state index in [1.165, 1.54) is 33.9 Å². The van der Waals surface area contributed by atoms with Gasteiger partial charge in [-0.05, 0) is 46.9 Å². The second kappa shape index (κ2) is 5.49. The second-order valence-corrected chi connectivity index (χ2v) is 6.27. The minimum atomic E-state index is 0.590. The van der Waals surface area contributed by atoms with Gasteiger partial charge in [-0.3, -0.25) is 0 Å². The van der Waals surface area contributed by atoms with Gasteiger partial charge in [-0.25, -0.2) is 0 Å². The number of aryl methyl sites for hydroxylation is 1. The van der Waals surface area contributed by atoms with Crippen molar-refractivity contribution in [2.45, 2.75) is 19.8 Å². The molecule has 0 spiro atoms. The normalized spacial score (nSPS) is 17.6. The van der Waals surface area contributed by atoms with Gasteiger partial charge in [0.1, 0.15) is 5.75 Å². The molecule has 1 atom stereocenters. The van der Waals surface area contributed by atoms with Gasteiger partial charge in [-0.1, -0.05) is 61.5 Å². The second-order valence-electron chi connectivity index (χ2n) is 6.27. The van der Waals surface area contributed by atoms with Gasteiger partial charge >= 0.3 is 0 Å². The summed E-state index contributed by atoms with van der Waals surface area (Å²) in [5.74, 6) is 1.63. The van der Waals surface area contributed by atoms with Crippen LogP contribution >= 0.6 is 0 Å². The van der Waals surface area contributed by atoms with E-state index in [0.717, 1.165) is 18.8 Å². The van der Waals surface area contributed by atoms with Gasteiger partial charge in [0.25, 0.3) is 0 Å². The van der Waals surface area contributed by atoms with Gasteiger partial charge < -0.3 is 4.74 Å². The van der Waals surface area contributed by atoms with E-state index in [2.05, 4.69) is 67.6 Å². The highest BCUT2D eigenvalue weighted by Crippen LogP contribution is 2.38. The molecule has 1 unspecified atom stereocenters. The van der Waals surface area contributed by atoms with Crippen molar-refractivity contribution in [2.24, 2.45) is 5.92 Å². The van der Waals surface area contributed by atoms with Gasteiger partial charge in [-0.15, -0.1) is 0 Å². The van der Waals surface area contributed by atoms with Crippen molar-refractivity contribution in [1.29, 1.82) is 0 Å². The average Bonchev–Trinajstić information content (AvgIpc) is 2.56. The zero-order chi connectivity index (χ0) is 14.9. The third-order valence-electron chi connectivity index (χ3n) is 4.61. The molecule has 0 N–H and O–H groups in total. The minimum Gasteiger partial charge on any atom is -0.493 e. The summed E-state index contributed by atoms with van der Waals surface area (Å²) < 4.78 is 6.10. The third-order valence-corrected chi connectivity index (χ3v) is 4.61. The van der Waals surface area contributed by atoms with Crippen LogP contribution in [0.3, 0.4) is 0 Å². The largest absolute Gasteiger partial charge is 0.493 e. The molecule has 0 aromatic heterocycles. The number of rotatable bonds is 1. The van der Waals surface area contributed by atoms with Gasteiger partial charge in [-0.2, -0.15) is 0 Å². The Morgan fingerprint density at radius 3 is 2.64 bits per heavy atom. The van der Waals surface area contributed by atoms with Crippen LogP contribution < -0.4 is 4.74 Å². The molecule has 0 bridgehead atoms. The molecule has 0 radical (unpaired) electrons. The lowest BCUT2D eigenvalue weighted by Crippen LogP contribution is -2.13. The van der Waals surface area contributed by atoms with Gasteiger partial charge in [0.2, 0.25) is 0 Å². The first-order valence-electron chi connectivity index (χ1n) is 8.06. The smallest absolute Gasteiger partial charge is 0.127 e. The first kappa shape index (κ1) is 13.4. The number of benzene rings is 3. The fraction of sp³-hybridized carbons (Fsp3) is 0.238. The van der Waals surface area contributed by atoms with Gasteiger partial charge in [0.05, 0.1) is 6.61 Å². The standard InChI is InChI=1S/C21H20O/c1-15-10-12-19-18(16-6-3-2-4-7-16)13-11-17-8-5-9-20(21(17)19)22-14-15/h2-9,11,13,15H,10,12,14H2,1H3. The molecule has 22 heavy (non-hydrogen) atoms. The summed E-state index contributed by atoms with van der Waals surface area (Å²) in [5.41, 5.74) is 4.08. The zero-order valence-corrected chi connectivity index (χ0v) is 12.9. The lowest BCUT2D eigenvalue weighted by molar-refractivity contribution is 0.252. The van der Waals surface area contributed by atoms with Crippen molar-refractivity contribution in [1.82, 2.24) is 0 Å². The molecule has 0 saturated carbocycles. The van der Waals surface area contributed by atoms with Crippen LogP contribution in [0.1, 0.15) is 18.9 Å². The Hall–Kier alpha value is -2.28. The zero-order valence-electron chi connectivity index (χ0n) is 12.9. The molecule has 1 aliphatic rings. The Bertz CT molecular complexity index is 805. The Morgan fingerprint density at radius 2 is 1.77 bits per heavy atom. The molecule has 0 fully saturated rings. The third kappa shape index (κ3) is 2.27. The molecular weight excluding hydrogens is 268 g/mol. The van der Waals surface area contributed by atoms with Crippen molar-refractivity contribution in [2.75, 3.05) is 6.61 Å². The van der Waals surface area contributed by atoms with Crippen LogP contribution in [-0.4, -0.2) is 6.61 Å². The van der Waals surface area contributed by atoms with Crippen LogP contribution in [0.5, 0.6) is 5.75 Å². The maximum absolute atomic E-state index is 6.10. The van der Waals surface area contributed by atoms with Crippen molar-refractivity contribution in [3.05, 3.63) is 66.2 Å². The Balaban J connectivity index is 2.00. The average molecular weight is 288 g/mol. The van der Waals surface area contributed by atoms with E-state index in [1.807, 2.05) is 0 Å². The quantitative estimate of drug-likeness (QED) is 0.577. The maximum Gasteiger partial charge on any atom is 0.127 e. The van der Waals surface area contributed by atoms with Crippen molar-refractivity contribution in [3.8, 4) is 16.9 Å². The summed E-state index contributed by atoms with van der Waals surface area (Å²) >= 11 is 0. The summed E-state index contributed by atoms with van der Waals surface area (Å²) in [6.07, 6.45) is 2.29. The SMILES string of the molecule is CC1CCc2c(-c3ccccc3)ccc3cccc(c23)OC1. The van der Waals surface area contributed by atoms with E-state index in [1.54, 1.807) is 0 Å². The van der Waals surface area contributed by atoms with E-state index >= 15 is 0 Å². The number of hydrogen-bond donors (Lipinski definition) is 0. The molecule has 1 heteroatoms. The molecule has 3 aromatic carbocycles. The Morgan fingerprint density at radius 1 is 0.909 bits per heavy atom. The topological polar surface area (TPSA) is 9.23 Å². The summed E-state index contributed by atoms with van der Waals surface area (Å²) in [5, 5.41) is 2.58. The van der Waals surface area contributed by atoms with Crippen LogP contribution in [0.4, 0.5) is 0 Å². The highest BCUT2D eigenvalue weighted by Gasteiger charge is 2.17. The summed E-state index contributed by atoms with van der Waals surface area (Å²) in [7, 11) is 0. The molecule has 4 rings (SSSR count). The molecule has 1 heterocycles. The number of ether oxygens (including phenoxy) is 1. The molecule has 3 aromatic rings. The first-order valence-corrected chi connectivity index (χ1v) is 8.06. The fourth-order valence-electron chi connectivity index (χ4n) is 3.39. The summed E-state index contributed by atoms with van der Waals surface area (Å²) in [4.78, 5) is 0. The highest BCUT2D eigenvalue weighted by molar-refractivity contribution is 5.96. The van der Waals surface area contributed by atoms with Crippen molar-refractivity contribution >= 4 is 10.8 Å². The molecular formula is C21H20O. The van der Waals surface area contributed by atoms with Gasteiger partial charge in [0, 0.05) is 5.39 Å². The fourth-order valence-corrected chi connectivity index (χ4v) is 3.39. The predicted octanol–water partition coefficient (Wildman–Crippen LogP) is 5.47. The first-order chi connectivity index (χ1) is 10.8. The predicted molar refractivity (Wildman–Crippen MR) is 92.4 cm³/mol. The lowest BCUT2D eigenvalue weighted by atomic mass is 9.88. The Labute approximate surface area is 131 Å². The van der Waals surface area contributed by atoms with E-state index in [0.29, 0.717) is 5.92 Å². The molecule has 0 saturated heterocycles. The van der Waals surface area contributed by atoms with Crippen LogP contribution in [0.25, 0.3) is 21.9 Å². The van der Waals surface area contributed by atoms with Crippen molar-refractivity contribution in [3.63, 3.8) is 0 Å². The summed E-state index contributed by atoms with van der Waals surface area (Å²) in [6, 6.07) is 21.6.